The van der Waals surface area contributed by atoms with Gasteiger partial charge in [0.2, 0.25) is 0 Å². The van der Waals surface area contributed by atoms with Crippen LogP contribution in [0.15, 0.2) is 53.8 Å². The van der Waals surface area contributed by atoms with Crippen molar-refractivity contribution in [3.05, 3.63) is 59.4 Å². The Bertz CT molecular complexity index is 1190. The Kier molecular flexibility index (Phi) is 10.4. The van der Waals surface area contributed by atoms with Crippen LogP contribution >= 0.6 is 0 Å². The minimum absolute atomic E-state index is 0.0461. The molecule has 0 aliphatic heterocycles. The molecule has 0 aromatic heterocycles. The molecular formula is C40H60O4. The van der Waals surface area contributed by atoms with E-state index in [4.69, 9.17) is 19.2 Å². The molecule has 8 unspecified atom stereocenters. The van der Waals surface area contributed by atoms with E-state index in [1.165, 1.54) is 63.4 Å². The van der Waals surface area contributed by atoms with Gasteiger partial charge in [-0.1, -0.05) is 76.5 Å². The fourth-order valence-corrected chi connectivity index (χ4v) is 10.6. The molecule has 0 saturated heterocycles. The average Bonchev–Trinajstić information content (AvgIpc) is 3.35. The van der Waals surface area contributed by atoms with Crippen LogP contribution in [0.5, 0.6) is 5.75 Å². The van der Waals surface area contributed by atoms with Crippen LogP contribution in [0.25, 0.3) is 6.08 Å². The fraction of sp³-hybridized carbons (Fsp3) is 0.700. The maximum absolute atomic E-state index is 6.13. The van der Waals surface area contributed by atoms with Gasteiger partial charge in [-0.2, -0.15) is 4.89 Å². The van der Waals surface area contributed by atoms with E-state index in [1.54, 1.807) is 18.9 Å². The lowest BCUT2D eigenvalue weighted by Gasteiger charge is -2.61. The van der Waals surface area contributed by atoms with Crippen molar-refractivity contribution in [3.8, 4) is 5.75 Å². The van der Waals surface area contributed by atoms with Gasteiger partial charge in [-0.25, -0.2) is 0 Å². The van der Waals surface area contributed by atoms with E-state index in [9.17, 15) is 0 Å². The van der Waals surface area contributed by atoms with Gasteiger partial charge >= 0.3 is 0 Å². The summed E-state index contributed by atoms with van der Waals surface area (Å²) in [5.41, 5.74) is 4.86. The van der Waals surface area contributed by atoms with Crippen molar-refractivity contribution in [1.29, 1.82) is 0 Å². The highest BCUT2D eigenvalue weighted by atomic mass is 17.2. The first-order valence-corrected chi connectivity index (χ1v) is 17.6. The summed E-state index contributed by atoms with van der Waals surface area (Å²) in [7, 11) is 1.62. The molecule has 0 bridgehead atoms. The zero-order valence-corrected chi connectivity index (χ0v) is 29.0. The minimum atomic E-state index is -0.0507. The zero-order chi connectivity index (χ0) is 31.5. The Hall–Kier alpha value is -2.04. The van der Waals surface area contributed by atoms with E-state index in [-0.39, 0.29) is 23.7 Å². The van der Waals surface area contributed by atoms with Crippen molar-refractivity contribution in [3.63, 3.8) is 0 Å². The number of allylic oxidation sites excluding steroid dienone is 3. The molecule has 244 valence electrons. The molecular weight excluding hydrogens is 544 g/mol. The van der Waals surface area contributed by atoms with Gasteiger partial charge in [0.1, 0.15) is 18.1 Å². The van der Waals surface area contributed by atoms with E-state index >= 15 is 0 Å². The van der Waals surface area contributed by atoms with E-state index in [0.717, 1.165) is 47.3 Å². The SMILES string of the molecule is COCOc1ccc(/C=C/OOC2CCC3(C)C(=CCC4C3CCC3(C)C(C(C)CCCC=C(C)C)CCC43)C2(C)C)cc1. The van der Waals surface area contributed by atoms with Gasteiger partial charge in [0.25, 0.3) is 0 Å². The third-order valence-electron chi connectivity index (χ3n) is 12.8. The first-order chi connectivity index (χ1) is 21.0. The van der Waals surface area contributed by atoms with E-state index in [2.05, 4.69) is 60.6 Å². The number of hydrogen-bond acceptors (Lipinski definition) is 4. The summed E-state index contributed by atoms with van der Waals surface area (Å²) >= 11 is 0. The highest BCUT2D eigenvalue weighted by molar-refractivity contribution is 5.49. The van der Waals surface area contributed by atoms with Crippen molar-refractivity contribution in [2.75, 3.05) is 13.9 Å². The number of fused-ring (bicyclic) bond motifs is 5. The minimum Gasteiger partial charge on any atom is -0.468 e. The molecule has 0 radical (unpaired) electrons. The molecule has 4 heteroatoms. The highest BCUT2D eigenvalue weighted by Gasteiger charge is 2.61. The van der Waals surface area contributed by atoms with Crippen LogP contribution in [-0.2, 0) is 14.5 Å². The molecule has 8 atom stereocenters. The molecule has 0 amide bonds. The summed E-state index contributed by atoms with van der Waals surface area (Å²) in [6.45, 7) is 17.4. The summed E-state index contributed by atoms with van der Waals surface area (Å²) in [4.78, 5) is 11.8. The molecule has 44 heavy (non-hydrogen) atoms. The van der Waals surface area contributed by atoms with E-state index in [0.29, 0.717) is 5.41 Å². The maximum Gasteiger partial charge on any atom is 0.188 e. The third-order valence-corrected chi connectivity index (χ3v) is 12.8. The van der Waals surface area contributed by atoms with Gasteiger partial charge in [0.15, 0.2) is 6.79 Å². The predicted octanol–water partition coefficient (Wildman–Crippen LogP) is 10.9. The van der Waals surface area contributed by atoms with Crippen LogP contribution in [0, 0.1) is 45.8 Å². The Labute approximate surface area is 268 Å². The first kappa shape index (κ1) is 33.3. The van der Waals surface area contributed by atoms with Crippen LogP contribution in [0.4, 0.5) is 0 Å². The smallest absolute Gasteiger partial charge is 0.188 e. The summed E-state index contributed by atoms with van der Waals surface area (Å²) in [6, 6.07) is 7.86. The summed E-state index contributed by atoms with van der Waals surface area (Å²) in [5.74, 6) is 5.03. The van der Waals surface area contributed by atoms with Crippen LogP contribution in [0.1, 0.15) is 118 Å². The number of benzene rings is 1. The second-order valence-corrected chi connectivity index (χ2v) is 15.9. The summed E-state index contributed by atoms with van der Waals surface area (Å²) < 4.78 is 10.4. The molecule has 0 heterocycles. The van der Waals surface area contributed by atoms with Gasteiger partial charge in [-0.3, -0.25) is 0 Å². The third kappa shape index (κ3) is 6.59. The van der Waals surface area contributed by atoms with Gasteiger partial charge in [-0.15, -0.1) is 0 Å². The van der Waals surface area contributed by atoms with Crippen LogP contribution < -0.4 is 4.74 Å². The maximum atomic E-state index is 6.13. The second-order valence-electron chi connectivity index (χ2n) is 15.9. The van der Waals surface area contributed by atoms with Gasteiger partial charge in [0.05, 0.1) is 0 Å². The van der Waals surface area contributed by atoms with Crippen LogP contribution in [-0.4, -0.2) is 20.0 Å². The summed E-state index contributed by atoms with van der Waals surface area (Å²) in [6.07, 6.45) is 21.9. The molecule has 1 aromatic carbocycles. The van der Waals surface area contributed by atoms with Crippen molar-refractivity contribution < 1.29 is 19.2 Å². The lowest BCUT2D eigenvalue weighted by Crippen LogP contribution is -2.55. The van der Waals surface area contributed by atoms with Crippen LogP contribution in [0.3, 0.4) is 0 Å². The van der Waals surface area contributed by atoms with Gasteiger partial charge in [-0.05, 0) is 136 Å². The zero-order valence-electron chi connectivity index (χ0n) is 29.0. The number of ether oxygens (including phenoxy) is 2. The lowest BCUT2D eigenvalue weighted by molar-refractivity contribution is -0.309. The van der Waals surface area contributed by atoms with Crippen molar-refractivity contribution in [2.45, 2.75) is 119 Å². The lowest BCUT2D eigenvalue weighted by atomic mass is 9.44. The molecule has 3 saturated carbocycles. The van der Waals surface area contributed by atoms with Crippen LogP contribution in [0.2, 0.25) is 0 Å². The van der Waals surface area contributed by atoms with Gasteiger partial charge < -0.3 is 14.4 Å². The molecule has 1 aromatic rings. The Balaban J connectivity index is 1.21. The average molecular weight is 605 g/mol. The Morgan fingerprint density at radius 3 is 2.48 bits per heavy atom. The topological polar surface area (TPSA) is 36.9 Å². The molecule has 4 aliphatic rings. The van der Waals surface area contributed by atoms with Crippen molar-refractivity contribution >= 4 is 6.08 Å². The summed E-state index contributed by atoms with van der Waals surface area (Å²) in [5, 5.41) is 0. The van der Waals surface area contributed by atoms with E-state index < -0.39 is 0 Å². The van der Waals surface area contributed by atoms with Crippen molar-refractivity contribution in [2.24, 2.45) is 45.8 Å². The Morgan fingerprint density at radius 1 is 0.977 bits per heavy atom. The standard InChI is InChI=1S/C40H60O4/c1-28(2)11-9-10-12-29(3)33-18-19-34-32-17-20-36-38(4,5)37(22-25-40(36,7)35(32)21-24-39(33,34)6)44-43-26-23-30-13-15-31(16-14-30)42-27-41-8/h11,13-16,20,23,26,29,32-35,37H,9-10,12,17-19,21-22,24-25,27H2,1-8H3/b26-23+. The normalized spacial score (nSPS) is 34.8. The molecule has 3 fully saturated rings. The molecule has 4 aliphatic carbocycles. The molecule has 0 spiro atoms. The fourth-order valence-electron chi connectivity index (χ4n) is 10.6. The monoisotopic (exact) mass is 604 g/mol. The molecule has 5 rings (SSSR count). The quantitative estimate of drug-likeness (QED) is 0.0594. The highest BCUT2D eigenvalue weighted by Crippen LogP contribution is 2.69. The predicted molar refractivity (Wildman–Crippen MR) is 181 cm³/mol. The van der Waals surface area contributed by atoms with E-state index in [1.807, 2.05) is 30.3 Å². The number of unbranched alkanes of at least 4 members (excludes halogenated alkanes) is 1. The number of methoxy groups -OCH3 is 1. The first-order valence-electron chi connectivity index (χ1n) is 17.6. The van der Waals surface area contributed by atoms with Crippen molar-refractivity contribution in [1.82, 2.24) is 0 Å². The molecule has 0 N–H and O–H groups in total. The molecule has 4 nitrogen and oxygen atoms in total. The second kappa shape index (κ2) is 13.8. The largest absolute Gasteiger partial charge is 0.468 e. The number of rotatable bonds is 12. The number of hydrogen-bond donors (Lipinski definition) is 0. The Morgan fingerprint density at radius 2 is 1.75 bits per heavy atom. The van der Waals surface area contributed by atoms with Gasteiger partial charge in [0, 0.05) is 12.5 Å².